The second kappa shape index (κ2) is 7.82. The van der Waals surface area contributed by atoms with E-state index in [1.54, 1.807) is 6.20 Å². The van der Waals surface area contributed by atoms with Gasteiger partial charge >= 0.3 is 0 Å². The van der Waals surface area contributed by atoms with Crippen LogP contribution in [0.25, 0.3) is 10.9 Å². The number of nitrogen functional groups attached to an aromatic ring is 1. The number of anilines is 2. The molecule has 4 aromatic rings. The van der Waals surface area contributed by atoms with Gasteiger partial charge in [-0.15, -0.1) is 0 Å². The molecule has 2 aromatic carbocycles. The van der Waals surface area contributed by atoms with Gasteiger partial charge in [-0.2, -0.15) is 0 Å². The largest absolute Gasteiger partial charge is 0.394 e. The Labute approximate surface area is 166 Å². The summed E-state index contributed by atoms with van der Waals surface area (Å²) in [6, 6.07) is 17.7. The van der Waals surface area contributed by atoms with Crippen molar-refractivity contribution in [2.75, 3.05) is 11.1 Å². The molecule has 0 amide bonds. The third-order valence-electron chi connectivity index (χ3n) is 4.02. The fourth-order valence-electron chi connectivity index (χ4n) is 2.65. The Morgan fingerprint density at radius 1 is 0.963 bits per heavy atom. The van der Waals surface area contributed by atoms with Gasteiger partial charge in [0.1, 0.15) is 17.0 Å². The maximum absolute atomic E-state index is 6.31. The number of nitrogens with two attached hydrogens (primary N) is 1. The number of benzene rings is 2. The van der Waals surface area contributed by atoms with Crippen LogP contribution in [-0.2, 0) is 6.54 Å². The number of halogens is 1. The number of para-hydroxylation sites is 1. The number of hydrogen-bond acceptors (Lipinski definition) is 6. The Morgan fingerprint density at radius 3 is 2.63 bits per heavy atom. The summed E-state index contributed by atoms with van der Waals surface area (Å²) in [5, 5.41) is 5.75. The summed E-state index contributed by atoms with van der Waals surface area (Å²) in [6.45, 7) is 0.596. The van der Waals surface area contributed by atoms with Gasteiger partial charge in [-0.1, -0.05) is 53.7 Å². The van der Waals surface area contributed by atoms with E-state index in [0.717, 1.165) is 21.4 Å². The summed E-state index contributed by atoms with van der Waals surface area (Å²) >= 11 is 7.41. The number of pyridine rings is 1. The van der Waals surface area contributed by atoms with Crippen molar-refractivity contribution in [2.24, 2.45) is 0 Å². The number of hydrogen-bond donors (Lipinski definition) is 2. The summed E-state index contributed by atoms with van der Waals surface area (Å²) < 4.78 is 0. The van der Waals surface area contributed by atoms with E-state index in [4.69, 9.17) is 17.3 Å². The van der Waals surface area contributed by atoms with E-state index in [2.05, 4.69) is 20.3 Å². The molecule has 0 fully saturated rings. The minimum Gasteiger partial charge on any atom is -0.394 e. The molecule has 2 aromatic heterocycles. The van der Waals surface area contributed by atoms with E-state index in [1.807, 2.05) is 54.6 Å². The SMILES string of the molecule is Nc1c(NCc2ccc(Cl)cc2)ncnc1Sc1cccc2cccnc12. The Balaban J connectivity index is 1.57. The zero-order valence-electron chi connectivity index (χ0n) is 14.3. The fraction of sp³-hybridized carbons (Fsp3) is 0.0500. The third-order valence-corrected chi connectivity index (χ3v) is 5.34. The molecule has 2 heterocycles. The molecule has 7 heteroatoms. The number of nitrogens with zero attached hydrogens (tertiary/aromatic N) is 3. The van der Waals surface area contributed by atoms with Gasteiger partial charge in [0.05, 0.1) is 5.52 Å². The topological polar surface area (TPSA) is 76.7 Å². The first kappa shape index (κ1) is 17.6. The Morgan fingerprint density at radius 2 is 1.78 bits per heavy atom. The van der Waals surface area contributed by atoms with Crippen molar-refractivity contribution >= 4 is 45.8 Å². The minimum absolute atomic E-state index is 0.518. The zero-order chi connectivity index (χ0) is 18.6. The number of aromatic nitrogens is 3. The molecule has 0 spiro atoms. The van der Waals surface area contributed by atoms with E-state index >= 15 is 0 Å². The molecular formula is C20H16ClN5S. The van der Waals surface area contributed by atoms with E-state index in [0.29, 0.717) is 28.1 Å². The molecule has 134 valence electrons. The maximum atomic E-state index is 6.31. The zero-order valence-corrected chi connectivity index (χ0v) is 15.8. The van der Waals surface area contributed by atoms with Crippen LogP contribution < -0.4 is 11.1 Å². The summed E-state index contributed by atoms with van der Waals surface area (Å²) in [6.07, 6.45) is 3.30. The van der Waals surface area contributed by atoms with Crippen LogP contribution in [0.3, 0.4) is 0 Å². The van der Waals surface area contributed by atoms with Crippen LogP contribution in [0.1, 0.15) is 5.56 Å². The van der Waals surface area contributed by atoms with Crippen molar-refractivity contribution in [2.45, 2.75) is 16.5 Å². The van der Waals surface area contributed by atoms with E-state index in [-0.39, 0.29) is 0 Å². The van der Waals surface area contributed by atoms with Crippen LogP contribution in [0.5, 0.6) is 0 Å². The molecule has 0 radical (unpaired) electrons. The maximum Gasteiger partial charge on any atom is 0.154 e. The highest BCUT2D eigenvalue weighted by molar-refractivity contribution is 7.99. The molecule has 0 atom stereocenters. The van der Waals surface area contributed by atoms with Crippen molar-refractivity contribution in [1.29, 1.82) is 0 Å². The molecule has 0 saturated heterocycles. The fourth-order valence-corrected chi connectivity index (χ4v) is 3.71. The van der Waals surface area contributed by atoms with Crippen LogP contribution in [0.4, 0.5) is 11.5 Å². The second-order valence-electron chi connectivity index (χ2n) is 5.85. The van der Waals surface area contributed by atoms with E-state index in [9.17, 15) is 0 Å². The minimum atomic E-state index is 0.518. The van der Waals surface area contributed by atoms with Gasteiger partial charge in [0, 0.05) is 28.0 Å². The first-order valence-corrected chi connectivity index (χ1v) is 9.50. The molecular weight excluding hydrogens is 378 g/mol. The molecule has 0 bridgehead atoms. The number of nitrogens with one attached hydrogen (secondary N) is 1. The van der Waals surface area contributed by atoms with Crippen molar-refractivity contribution in [1.82, 2.24) is 15.0 Å². The molecule has 0 aliphatic rings. The van der Waals surface area contributed by atoms with E-state index in [1.165, 1.54) is 18.1 Å². The van der Waals surface area contributed by atoms with E-state index < -0.39 is 0 Å². The van der Waals surface area contributed by atoms with Crippen molar-refractivity contribution in [3.8, 4) is 0 Å². The average Bonchev–Trinajstić information content (AvgIpc) is 2.70. The summed E-state index contributed by atoms with van der Waals surface area (Å²) in [4.78, 5) is 14.1. The second-order valence-corrected chi connectivity index (χ2v) is 7.32. The number of fused-ring (bicyclic) bond motifs is 1. The van der Waals surface area contributed by atoms with Gasteiger partial charge in [-0.3, -0.25) is 4.98 Å². The molecule has 27 heavy (non-hydrogen) atoms. The Hall–Kier alpha value is -2.83. The molecule has 4 rings (SSSR count). The predicted octanol–water partition coefficient (Wildman–Crippen LogP) is 5.02. The van der Waals surface area contributed by atoms with Gasteiger partial charge in [0.25, 0.3) is 0 Å². The standard InChI is InChI=1S/C20H16ClN5S/c21-15-8-6-13(7-9-15)11-24-19-17(22)20(26-12-25-19)27-16-5-1-3-14-4-2-10-23-18(14)16/h1-10,12H,11,22H2,(H,24,25,26). The normalized spacial score (nSPS) is 10.9. The van der Waals surface area contributed by atoms with Crippen molar-refractivity contribution < 1.29 is 0 Å². The summed E-state index contributed by atoms with van der Waals surface area (Å²) in [5.41, 5.74) is 8.85. The highest BCUT2D eigenvalue weighted by atomic mass is 35.5. The van der Waals surface area contributed by atoms with Gasteiger partial charge in [-0.05, 0) is 29.8 Å². The summed E-state index contributed by atoms with van der Waals surface area (Å²) in [5.74, 6) is 0.607. The first-order valence-electron chi connectivity index (χ1n) is 8.31. The number of rotatable bonds is 5. The monoisotopic (exact) mass is 393 g/mol. The van der Waals surface area contributed by atoms with Crippen LogP contribution >= 0.6 is 23.4 Å². The molecule has 0 unspecified atom stereocenters. The average molecular weight is 394 g/mol. The molecule has 3 N–H and O–H groups in total. The smallest absolute Gasteiger partial charge is 0.154 e. The van der Waals surface area contributed by atoms with Gasteiger partial charge in [0.2, 0.25) is 0 Å². The lowest BCUT2D eigenvalue weighted by Crippen LogP contribution is -2.06. The van der Waals surface area contributed by atoms with Crippen LogP contribution in [0, 0.1) is 0 Å². The molecule has 0 aliphatic carbocycles. The van der Waals surface area contributed by atoms with Crippen molar-refractivity contribution in [3.05, 3.63) is 77.7 Å². The van der Waals surface area contributed by atoms with Gasteiger partial charge < -0.3 is 11.1 Å². The summed E-state index contributed by atoms with van der Waals surface area (Å²) in [7, 11) is 0. The predicted molar refractivity (Wildman–Crippen MR) is 111 cm³/mol. The third kappa shape index (κ3) is 3.97. The lowest BCUT2D eigenvalue weighted by molar-refractivity contribution is 1.03. The quantitative estimate of drug-likeness (QED) is 0.463. The highest BCUT2D eigenvalue weighted by Crippen LogP contribution is 2.36. The molecule has 0 aliphatic heterocycles. The Kier molecular flexibility index (Phi) is 5.09. The lowest BCUT2D eigenvalue weighted by Gasteiger charge is -2.11. The van der Waals surface area contributed by atoms with Crippen LogP contribution in [0.15, 0.2) is 77.0 Å². The molecule has 5 nitrogen and oxygen atoms in total. The Bertz CT molecular complexity index is 1080. The molecule has 0 saturated carbocycles. The first-order chi connectivity index (χ1) is 13.2. The van der Waals surface area contributed by atoms with Crippen molar-refractivity contribution in [3.63, 3.8) is 0 Å². The highest BCUT2D eigenvalue weighted by Gasteiger charge is 2.12. The van der Waals surface area contributed by atoms with Gasteiger partial charge in [-0.25, -0.2) is 9.97 Å². The van der Waals surface area contributed by atoms with Crippen LogP contribution in [-0.4, -0.2) is 15.0 Å². The lowest BCUT2D eigenvalue weighted by atomic mass is 10.2. The van der Waals surface area contributed by atoms with Gasteiger partial charge in [0.15, 0.2) is 5.82 Å². The van der Waals surface area contributed by atoms with Crippen LogP contribution in [0.2, 0.25) is 5.02 Å².